The first kappa shape index (κ1) is 17.9. The molecular formula is C16H26BN3O3. The first-order valence-electron chi connectivity index (χ1n) is 8.29. The molecule has 1 aromatic carbocycles. The van der Waals surface area contributed by atoms with E-state index < -0.39 is 7.12 Å². The summed E-state index contributed by atoms with van der Waals surface area (Å²) in [6.07, 6.45) is 3.52. The third-order valence-corrected chi connectivity index (χ3v) is 4.04. The molecule has 1 atom stereocenters. The second-order valence-electron chi connectivity index (χ2n) is 5.89. The lowest BCUT2D eigenvalue weighted by molar-refractivity contribution is 0.0938. The van der Waals surface area contributed by atoms with Crippen molar-refractivity contribution in [1.82, 2.24) is 10.6 Å². The Morgan fingerprint density at radius 3 is 3.04 bits per heavy atom. The molecule has 0 spiro atoms. The van der Waals surface area contributed by atoms with Gasteiger partial charge in [0.05, 0.1) is 12.6 Å². The van der Waals surface area contributed by atoms with Crippen LogP contribution in [0.25, 0.3) is 0 Å². The number of nitrogens with two attached hydrogens (primary N) is 1. The fourth-order valence-corrected chi connectivity index (χ4v) is 2.59. The lowest BCUT2D eigenvalue weighted by Gasteiger charge is -2.18. The lowest BCUT2D eigenvalue weighted by atomic mass is 9.79. The van der Waals surface area contributed by atoms with Crippen LogP contribution in [0.2, 0.25) is 0 Å². The zero-order chi connectivity index (χ0) is 16.7. The molecule has 1 amide bonds. The van der Waals surface area contributed by atoms with Crippen molar-refractivity contribution in [2.24, 2.45) is 5.73 Å². The zero-order valence-corrected chi connectivity index (χ0v) is 13.7. The average Bonchev–Trinajstić information content (AvgIpc) is 2.94. The minimum atomic E-state index is -0.941. The van der Waals surface area contributed by atoms with E-state index in [9.17, 15) is 9.82 Å². The van der Waals surface area contributed by atoms with Gasteiger partial charge in [0.25, 0.3) is 5.91 Å². The van der Waals surface area contributed by atoms with Crippen LogP contribution in [0.15, 0.2) is 18.2 Å². The number of amides is 1. The van der Waals surface area contributed by atoms with E-state index in [2.05, 4.69) is 17.6 Å². The van der Waals surface area contributed by atoms with Crippen LogP contribution >= 0.6 is 0 Å². The van der Waals surface area contributed by atoms with Gasteiger partial charge in [0.15, 0.2) is 0 Å². The molecule has 0 saturated carbocycles. The summed E-state index contributed by atoms with van der Waals surface area (Å²) >= 11 is 0. The summed E-state index contributed by atoms with van der Waals surface area (Å²) in [6, 6.07) is 5.14. The molecule has 0 aromatic heterocycles. The SMILES string of the molecule is CCCCCNCC(CN)NC(=O)c1ccc2c(c1)B(O)OC2. The number of nitrogens with one attached hydrogen (secondary N) is 2. The molecular weight excluding hydrogens is 293 g/mol. The fourth-order valence-electron chi connectivity index (χ4n) is 2.59. The van der Waals surface area contributed by atoms with Crippen LogP contribution in [0.3, 0.4) is 0 Å². The molecule has 1 unspecified atom stereocenters. The minimum absolute atomic E-state index is 0.112. The summed E-state index contributed by atoms with van der Waals surface area (Å²) in [5.41, 5.74) is 7.83. The first-order valence-corrected chi connectivity index (χ1v) is 8.29. The average molecular weight is 319 g/mol. The van der Waals surface area contributed by atoms with Gasteiger partial charge in [-0.2, -0.15) is 0 Å². The Bertz CT molecular complexity index is 527. The number of carbonyl (C=O) groups excluding carboxylic acids is 1. The van der Waals surface area contributed by atoms with E-state index in [1.165, 1.54) is 12.8 Å². The second kappa shape index (κ2) is 9.03. The Morgan fingerprint density at radius 2 is 2.30 bits per heavy atom. The van der Waals surface area contributed by atoms with Crippen LogP contribution in [0.5, 0.6) is 0 Å². The van der Waals surface area contributed by atoms with Crippen molar-refractivity contribution in [1.29, 1.82) is 0 Å². The molecule has 1 heterocycles. The normalized spacial score (nSPS) is 14.7. The number of hydrogen-bond donors (Lipinski definition) is 4. The molecule has 6 nitrogen and oxygen atoms in total. The monoisotopic (exact) mass is 319 g/mol. The molecule has 126 valence electrons. The number of benzene rings is 1. The Kier molecular flexibility index (Phi) is 7.04. The van der Waals surface area contributed by atoms with Crippen molar-refractivity contribution in [3.8, 4) is 0 Å². The minimum Gasteiger partial charge on any atom is -0.423 e. The summed E-state index contributed by atoms with van der Waals surface area (Å²) in [5.74, 6) is -0.183. The van der Waals surface area contributed by atoms with Gasteiger partial charge in [-0.25, -0.2) is 0 Å². The van der Waals surface area contributed by atoms with Crippen molar-refractivity contribution in [3.63, 3.8) is 0 Å². The van der Waals surface area contributed by atoms with E-state index in [1.54, 1.807) is 12.1 Å². The summed E-state index contributed by atoms with van der Waals surface area (Å²) < 4.78 is 5.14. The maximum Gasteiger partial charge on any atom is 0.491 e. The molecule has 0 saturated heterocycles. The van der Waals surface area contributed by atoms with E-state index in [4.69, 9.17) is 10.4 Å². The molecule has 2 rings (SSSR count). The van der Waals surface area contributed by atoms with Crippen molar-refractivity contribution in [2.45, 2.75) is 38.8 Å². The Morgan fingerprint density at radius 1 is 1.48 bits per heavy atom. The van der Waals surface area contributed by atoms with E-state index in [-0.39, 0.29) is 11.9 Å². The summed E-state index contributed by atoms with van der Waals surface area (Å²) in [5, 5.41) is 16.0. The van der Waals surface area contributed by atoms with E-state index in [0.717, 1.165) is 18.5 Å². The number of carbonyl (C=O) groups is 1. The van der Waals surface area contributed by atoms with Gasteiger partial charge in [0, 0.05) is 18.7 Å². The van der Waals surface area contributed by atoms with Gasteiger partial charge in [-0.15, -0.1) is 0 Å². The number of unbranched alkanes of at least 4 members (excludes halogenated alkanes) is 2. The highest BCUT2D eigenvalue weighted by Crippen LogP contribution is 2.11. The molecule has 1 aliphatic heterocycles. The quantitative estimate of drug-likeness (QED) is 0.371. The fraction of sp³-hybridized carbons (Fsp3) is 0.562. The van der Waals surface area contributed by atoms with Crippen LogP contribution in [0.1, 0.15) is 42.1 Å². The van der Waals surface area contributed by atoms with E-state index in [0.29, 0.717) is 30.7 Å². The smallest absolute Gasteiger partial charge is 0.423 e. The standard InChI is InChI=1S/C16H26BN3O3/c1-2-3-4-7-19-10-14(9-18)20-16(21)12-5-6-13-11-23-17(22)15(13)8-12/h5-6,8,14,19,22H,2-4,7,9-11,18H2,1H3,(H,20,21). The Labute approximate surface area is 137 Å². The predicted octanol–water partition coefficient (Wildman–Crippen LogP) is -0.259. The molecule has 1 aliphatic rings. The van der Waals surface area contributed by atoms with Gasteiger partial charge in [0.2, 0.25) is 0 Å². The van der Waals surface area contributed by atoms with Crippen LogP contribution in [0, 0.1) is 0 Å². The van der Waals surface area contributed by atoms with Crippen molar-refractivity contribution in [3.05, 3.63) is 29.3 Å². The summed E-state index contributed by atoms with van der Waals surface area (Å²) in [7, 11) is -0.941. The van der Waals surface area contributed by atoms with E-state index >= 15 is 0 Å². The number of rotatable bonds is 9. The van der Waals surface area contributed by atoms with Gasteiger partial charge >= 0.3 is 7.12 Å². The van der Waals surface area contributed by atoms with E-state index in [1.807, 2.05) is 6.07 Å². The zero-order valence-electron chi connectivity index (χ0n) is 13.7. The van der Waals surface area contributed by atoms with Crippen molar-refractivity contribution in [2.75, 3.05) is 19.6 Å². The third-order valence-electron chi connectivity index (χ3n) is 4.04. The molecule has 1 aromatic rings. The molecule has 0 aliphatic carbocycles. The van der Waals surface area contributed by atoms with Gasteiger partial charge in [-0.3, -0.25) is 4.79 Å². The lowest BCUT2D eigenvalue weighted by Crippen LogP contribution is -2.47. The van der Waals surface area contributed by atoms with Gasteiger partial charge in [-0.1, -0.05) is 25.8 Å². The van der Waals surface area contributed by atoms with Crippen LogP contribution < -0.4 is 21.8 Å². The number of hydrogen-bond acceptors (Lipinski definition) is 5. The second-order valence-corrected chi connectivity index (χ2v) is 5.89. The largest absolute Gasteiger partial charge is 0.491 e. The summed E-state index contributed by atoms with van der Waals surface area (Å²) in [6.45, 7) is 4.52. The first-order chi connectivity index (χ1) is 11.2. The highest BCUT2D eigenvalue weighted by Gasteiger charge is 2.28. The maximum atomic E-state index is 12.3. The highest BCUT2D eigenvalue weighted by molar-refractivity contribution is 6.61. The van der Waals surface area contributed by atoms with Crippen molar-refractivity contribution >= 4 is 18.5 Å². The Balaban J connectivity index is 1.86. The topological polar surface area (TPSA) is 96.6 Å². The van der Waals surface area contributed by atoms with Crippen LogP contribution in [-0.2, 0) is 11.3 Å². The number of fused-ring (bicyclic) bond motifs is 1. The molecule has 7 heteroatoms. The predicted molar refractivity (Wildman–Crippen MR) is 91.5 cm³/mol. The molecule has 23 heavy (non-hydrogen) atoms. The molecule has 0 radical (unpaired) electrons. The molecule has 0 bridgehead atoms. The molecule has 5 N–H and O–H groups in total. The summed E-state index contributed by atoms with van der Waals surface area (Å²) in [4.78, 5) is 12.3. The highest BCUT2D eigenvalue weighted by atomic mass is 16.5. The maximum absolute atomic E-state index is 12.3. The van der Waals surface area contributed by atoms with Gasteiger partial charge < -0.3 is 26.0 Å². The molecule has 0 fully saturated rings. The van der Waals surface area contributed by atoms with Gasteiger partial charge in [-0.05, 0) is 36.1 Å². The van der Waals surface area contributed by atoms with Crippen LogP contribution in [-0.4, -0.2) is 43.7 Å². The Hall–Kier alpha value is -1.41. The van der Waals surface area contributed by atoms with Crippen molar-refractivity contribution < 1.29 is 14.5 Å². The van der Waals surface area contributed by atoms with Gasteiger partial charge in [0.1, 0.15) is 0 Å². The van der Waals surface area contributed by atoms with Crippen LogP contribution in [0.4, 0.5) is 0 Å². The third kappa shape index (κ3) is 5.04.